The zero-order valence-electron chi connectivity index (χ0n) is 9.00. The molecule has 3 heteroatoms. The highest BCUT2D eigenvalue weighted by Gasteiger charge is 2.19. The molecule has 1 aromatic heterocycles. The third-order valence-corrected chi connectivity index (χ3v) is 3.90. The van der Waals surface area contributed by atoms with E-state index in [-0.39, 0.29) is 0 Å². The van der Waals surface area contributed by atoms with Gasteiger partial charge in [-0.05, 0) is 47.8 Å². The minimum Gasteiger partial charge on any atom is -0.449 e. The van der Waals surface area contributed by atoms with E-state index in [1.165, 1.54) is 23.8 Å². The SMILES string of the molecule is Brc1oc2ccccc2c1CC1CCCN1. The fourth-order valence-electron chi connectivity index (χ4n) is 2.44. The summed E-state index contributed by atoms with van der Waals surface area (Å²) in [7, 11) is 0. The van der Waals surface area contributed by atoms with Crippen LogP contribution in [0.15, 0.2) is 33.4 Å². The lowest BCUT2D eigenvalue weighted by molar-refractivity contribution is 0.561. The van der Waals surface area contributed by atoms with Crippen LogP contribution in [-0.2, 0) is 6.42 Å². The fourth-order valence-corrected chi connectivity index (χ4v) is 2.99. The average Bonchev–Trinajstić information content (AvgIpc) is 2.89. The maximum absolute atomic E-state index is 5.70. The van der Waals surface area contributed by atoms with Gasteiger partial charge in [0.1, 0.15) is 5.58 Å². The maximum atomic E-state index is 5.70. The van der Waals surface area contributed by atoms with Crippen LogP contribution in [0, 0.1) is 0 Å². The second-order valence-electron chi connectivity index (χ2n) is 4.35. The van der Waals surface area contributed by atoms with Gasteiger partial charge in [0.2, 0.25) is 0 Å². The van der Waals surface area contributed by atoms with Gasteiger partial charge >= 0.3 is 0 Å². The van der Waals surface area contributed by atoms with Crippen molar-refractivity contribution < 1.29 is 4.42 Å². The number of nitrogens with one attached hydrogen (secondary N) is 1. The van der Waals surface area contributed by atoms with E-state index in [9.17, 15) is 0 Å². The summed E-state index contributed by atoms with van der Waals surface area (Å²) in [4.78, 5) is 0. The molecule has 0 radical (unpaired) electrons. The van der Waals surface area contributed by atoms with Crippen LogP contribution in [0.25, 0.3) is 11.0 Å². The van der Waals surface area contributed by atoms with E-state index in [1.54, 1.807) is 0 Å². The zero-order valence-corrected chi connectivity index (χ0v) is 10.6. The molecule has 1 aromatic carbocycles. The molecule has 84 valence electrons. The van der Waals surface area contributed by atoms with Crippen molar-refractivity contribution in [3.05, 3.63) is 34.5 Å². The molecule has 1 aliphatic rings. The molecule has 0 amide bonds. The first kappa shape index (κ1) is 10.4. The van der Waals surface area contributed by atoms with Gasteiger partial charge in [0.05, 0.1) is 0 Å². The van der Waals surface area contributed by atoms with Gasteiger partial charge in [0.25, 0.3) is 0 Å². The Morgan fingerprint density at radius 2 is 2.25 bits per heavy atom. The van der Waals surface area contributed by atoms with Gasteiger partial charge in [-0.25, -0.2) is 0 Å². The lowest BCUT2D eigenvalue weighted by Gasteiger charge is -2.08. The number of benzene rings is 1. The number of rotatable bonds is 2. The van der Waals surface area contributed by atoms with Crippen molar-refractivity contribution in [2.45, 2.75) is 25.3 Å². The van der Waals surface area contributed by atoms with E-state index in [1.807, 2.05) is 12.1 Å². The molecule has 0 saturated carbocycles. The molecule has 2 heterocycles. The van der Waals surface area contributed by atoms with Crippen molar-refractivity contribution in [2.75, 3.05) is 6.54 Å². The number of hydrogen-bond donors (Lipinski definition) is 1. The number of furan rings is 1. The lowest BCUT2D eigenvalue weighted by Crippen LogP contribution is -2.23. The molecule has 2 nitrogen and oxygen atoms in total. The smallest absolute Gasteiger partial charge is 0.173 e. The number of halogens is 1. The van der Waals surface area contributed by atoms with E-state index in [0.717, 1.165) is 23.2 Å². The summed E-state index contributed by atoms with van der Waals surface area (Å²) < 4.78 is 6.59. The van der Waals surface area contributed by atoms with Gasteiger partial charge in [-0.3, -0.25) is 0 Å². The lowest BCUT2D eigenvalue weighted by atomic mass is 10.0. The summed E-state index contributed by atoms with van der Waals surface area (Å²) in [5.74, 6) is 0. The van der Waals surface area contributed by atoms with E-state index < -0.39 is 0 Å². The second-order valence-corrected chi connectivity index (χ2v) is 5.07. The molecule has 1 saturated heterocycles. The zero-order chi connectivity index (χ0) is 11.0. The molecule has 1 atom stereocenters. The molecule has 0 aliphatic carbocycles. The molecule has 16 heavy (non-hydrogen) atoms. The Bertz CT molecular complexity index is 500. The molecule has 1 N–H and O–H groups in total. The van der Waals surface area contributed by atoms with Crippen molar-refractivity contribution in [3.63, 3.8) is 0 Å². The quantitative estimate of drug-likeness (QED) is 0.911. The topological polar surface area (TPSA) is 25.2 Å². The van der Waals surface area contributed by atoms with Crippen LogP contribution in [0.5, 0.6) is 0 Å². The van der Waals surface area contributed by atoms with Crippen LogP contribution < -0.4 is 5.32 Å². The molecule has 0 spiro atoms. The summed E-state index contributed by atoms with van der Waals surface area (Å²) in [5, 5.41) is 4.76. The predicted octanol–water partition coefficient (Wildman–Crippen LogP) is 3.49. The summed E-state index contributed by atoms with van der Waals surface area (Å²) >= 11 is 3.52. The Hall–Kier alpha value is -0.800. The molecule has 2 aromatic rings. The summed E-state index contributed by atoms with van der Waals surface area (Å²) in [6, 6.07) is 8.84. The molecular weight excluding hydrogens is 266 g/mol. The third kappa shape index (κ3) is 1.78. The molecule has 1 fully saturated rings. The largest absolute Gasteiger partial charge is 0.449 e. The van der Waals surface area contributed by atoms with Crippen LogP contribution in [-0.4, -0.2) is 12.6 Å². The highest BCUT2D eigenvalue weighted by molar-refractivity contribution is 9.10. The second kappa shape index (κ2) is 4.22. The third-order valence-electron chi connectivity index (χ3n) is 3.26. The van der Waals surface area contributed by atoms with Crippen LogP contribution in [0.4, 0.5) is 0 Å². The first-order valence-corrected chi connectivity index (χ1v) is 6.53. The molecule has 1 unspecified atom stereocenters. The summed E-state index contributed by atoms with van der Waals surface area (Å²) in [6.45, 7) is 1.15. The number of fused-ring (bicyclic) bond motifs is 1. The van der Waals surface area contributed by atoms with Gasteiger partial charge in [0.15, 0.2) is 4.67 Å². The molecular formula is C13H14BrNO. The van der Waals surface area contributed by atoms with Gasteiger partial charge in [-0.2, -0.15) is 0 Å². The Balaban J connectivity index is 1.98. The van der Waals surface area contributed by atoms with Crippen molar-refractivity contribution in [2.24, 2.45) is 0 Å². The minimum absolute atomic E-state index is 0.609. The Kier molecular flexibility index (Phi) is 2.74. The Morgan fingerprint density at radius 1 is 1.38 bits per heavy atom. The van der Waals surface area contributed by atoms with Gasteiger partial charge < -0.3 is 9.73 Å². The van der Waals surface area contributed by atoms with Gasteiger partial charge in [-0.15, -0.1) is 0 Å². The van der Waals surface area contributed by atoms with Crippen LogP contribution in [0.2, 0.25) is 0 Å². The first-order chi connectivity index (χ1) is 7.84. The molecule has 1 aliphatic heterocycles. The van der Waals surface area contributed by atoms with Crippen LogP contribution in [0.3, 0.4) is 0 Å². The Morgan fingerprint density at radius 3 is 3.06 bits per heavy atom. The molecule has 0 bridgehead atoms. The Labute approximate surface area is 103 Å². The predicted molar refractivity (Wildman–Crippen MR) is 68.6 cm³/mol. The standard InChI is InChI=1S/C13H14BrNO/c14-13-11(8-9-4-3-7-15-9)10-5-1-2-6-12(10)16-13/h1-2,5-6,9,15H,3-4,7-8H2. The van der Waals surface area contributed by atoms with Gasteiger partial charge in [-0.1, -0.05) is 18.2 Å². The fraction of sp³-hybridized carbons (Fsp3) is 0.385. The first-order valence-electron chi connectivity index (χ1n) is 5.74. The van der Waals surface area contributed by atoms with Crippen molar-refractivity contribution in [3.8, 4) is 0 Å². The van der Waals surface area contributed by atoms with Crippen molar-refractivity contribution in [1.82, 2.24) is 5.32 Å². The normalized spacial score (nSPS) is 20.7. The van der Waals surface area contributed by atoms with E-state index in [2.05, 4.69) is 33.4 Å². The van der Waals surface area contributed by atoms with E-state index in [0.29, 0.717) is 6.04 Å². The van der Waals surface area contributed by atoms with Gasteiger partial charge in [0, 0.05) is 17.0 Å². The number of para-hydroxylation sites is 1. The summed E-state index contributed by atoms with van der Waals surface area (Å²) in [6.07, 6.45) is 3.61. The monoisotopic (exact) mass is 279 g/mol. The number of hydrogen-bond acceptors (Lipinski definition) is 2. The maximum Gasteiger partial charge on any atom is 0.173 e. The highest BCUT2D eigenvalue weighted by atomic mass is 79.9. The van der Waals surface area contributed by atoms with Crippen LogP contribution in [0.1, 0.15) is 18.4 Å². The van der Waals surface area contributed by atoms with E-state index in [4.69, 9.17) is 4.42 Å². The summed E-state index contributed by atoms with van der Waals surface area (Å²) in [5.41, 5.74) is 2.28. The molecule has 3 rings (SSSR count). The van der Waals surface area contributed by atoms with Crippen molar-refractivity contribution in [1.29, 1.82) is 0 Å². The minimum atomic E-state index is 0.609. The highest BCUT2D eigenvalue weighted by Crippen LogP contribution is 2.31. The van der Waals surface area contributed by atoms with E-state index >= 15 is 0 Å². The van der Waals surface area contributed by atoms with Crippen LogP contribution >= 0.6 is 15.9 Å². The van der Waals surface area contributed by atoms with Crippen molar-refractivity contribution >= 4 is 26.9 Å². The average molecular weight is 280 g/mol.